The van der Waals surface area contributed by atoms with Gasteiger partial charge in [-0.1, -0.05) is 6.92 Å². The van der Waals surface area contributed by atoms with Gasteiger partial charge in [-0.05, 0) is 26.3 Å². The number of carbonyl (C=O) groups excluding carboxylic acids is 1. The zero-order valence-corrected chi connectivity index (χ0v) is 9.78. The number of aliphatic hydroxyl groups excluding tert-OH is 1. The summed E-state index contributed by atoms with van der Waals surface area (Å²) >= 11 is 0. The highest BCUT2D eigenvalue weighted by Crippen LogP contribution is 2.12. The van der Waals surface area contributed by atoms with E-state index in [1.54, 1.807) is 0 Å². The zero-order chi connectivity index (χ0) is 11.3. The molecule has 1 unspecified atom stereocenters. The summed E-state index contributed by atoms with van der Waals surface area (Å²) in [5.41, 5.74) is 0. The summed E-state index contributed by atoms with van der Waals surface area (Å²) < 4.78 is 0. The monoisotopic (exact) mass is 214 g/mol. The van der Waals surface area contributed by atoms with Crippen LogP contribution in [0.3, 0.4) is 0 Å². The Kier molecular flexibility index (Phi) is 5.05. The highest BCUT2D eigenvalue weighted by atomic mass is 16.3. The van der Waals surface area contributed by atoms with Gasteiger partial charge >= 0.3 is 0 Å². The molecule has 1 aliphatic rings. The molecule has 1 N–H and O–H groups in total. The maximum Gasteiger partial charge on any atom is 0.240 e. The smallest absolute Gasteiger partial charge is 0.240 e. The van der Waals surface area contributed by atoms with Gasteiger partial charge in [-0.3, -0.25) is 9.69 Å². The van der Waals surface area contributed by atoms with E-state index in [0.717, 1.165) is 32.5 Å². The molecule has 1 saturated heterocycles. The van der Waals surface area contributed by atoms with E-state index in [0.29, 0.717) is 6.42 Å². The molecule has 1 atom stereocenters. The lowest BCUT2D eigenvalue weighted by Crippen LogP contribution is -2.45. The van der Waals surface area contributed by atoms with Crippen LogP contribution < -0.4 is 0 Å². The first-order valence-electron chi connectivity index (χ1n) is 5.80. The molecule has 1 aliphatic heterocycles. The van der Waals surface area contributed by atoms with E-state index >= 15 is 0 Å². The predicted octanol–water partition coefficient (Wildman–Crippen LogP) is 0.312. The Hall–Kier alpha value is -0.610. The van der Waals surface area contributed by atoms with Crippen LogP contribution in [0.1, 0.15) is 26.2 Å². The Morgan fingerprint density at radius 2 is 2.20 bits per heavy atom. The first-order valence-corrected chi connectivity index (χ1v) is 5.80. The number of aliphatic hydroxyl groups is 1. The van der Waals surface area contributed by atoms with E-state index in [4.69, 9.17) is 5.11 Å². The lowest BCUT2D eigenvalue weighted by atomic mass is 10.1. The maximum atomic E-state index is 12.1. The molecule has 0 aliphatic carbocycles. The molecule has 1 rings (SSSR count). The third-order valence-corrected chi connectivity index (χ3v) is 2.96. The number of likely N-dealkylation sites (N-methyl/N-ethyl adjacent to an activating group) is 1. The van der Waals surface area contributed by atoms with Crippen molar-refractivity contribution in [1.29, 1.82) is 0 Å². The molecule has 0 saturated carbocycles. The van der Waals surface area contributed by atoms with Gasteiger partial charge in [-0.15, -0.1) is 0 Å². The molecule has 1 heterocycles. The van der Waals surface area contributed by atoms with Crippen LogP contribution in [-0.4, -0.2) is 60.1 Å². The van der Waals surface area contributed by atoms with Gasteiger partial charge < -0.3 is 10.0 Å². The number of hydrogen-bond acceptors (Lipinski definition) is 3. The molecule has 0 aromatic rings. The summed E-state index contributed by atoms with van der Waals surface area (Å²) in [6.45, 7) is 4.81. The molecule has 1 amide bonds. The van der Waals surface area contributed by atoms with Crippen LogP contribution in [0.25, 0.3) is 0 Å². The zero-order valence-electron chi connectivity index (χ0n) is 9.78. The third-order valence-electron chi connectivity index (χ3n) is 2.96. The molecule has 0 spiro atoms. The van der Waals surface area contributed by atoms with Crippen molar-refractivity contribution < 1.29 is 9.90 Å². The van der Waals surface area contributed by atoms with Crippen LogP contribution in [0.15, 0.2) is 0 Å². The van der Waals surface area contributed by atoms with Crippen LogP contribution in [0.2, 0.25) is 0 Å². The summed E-state index contributed by atoms with van der Waals surface area (Å²) in [5, 5.41) is 8.96. The van der Waals surface area contributed by atoms with Gasteiger partial charge in [0.2, 0.25) is 5.91 Å². The highest BCUT2D eigenvalue weighted by molar-refractivity contribution is 5.82. The Labute approximate surface area is 91.9 Å². The van der Waals surface area contributed by atoms with E-state index < -0.39 is 0 Å². The van der Waals surface area contributed by atoms with Gasteiger partial charge in [0, 0.05) is 26.2 Å². The van der Waals surface area contributed by atoms with E-state index in [9.17, 15) is 4.79 Å². The lowest BCUT2D eigenvalue weighted by Gasteiger charge is -2.27. The van der Waals surface area contributed by atoms with Crippen LogP contribution in [0.5, 0.6) is 0 Å². The lowest BCUT2D eigenvalue weighted by molar-refractivity contribution is -0.135. The fourth-order valence-electron chi connectivity index (χ4n) is 2.13. The number of amides is 1. The van der Waals surface area contributed by atoms with E-state index in [2.05, 4.69) is 11.8 Å². The largest absolute Gasteiger partial charge is 0.396 e. The third kappa shape index (κ3) is 3.18. The molecule has 1 fully saturated rings. The van der Waals surface area contributed by atoms with Gasteiger partial charge in [-0.25, -0.2) is 0 Å². The Morgan fingerprint density at radius 1 is 1.47 bits per heavy atom. The Bertz CT molecular complexity index is 209. The number of carbonyl (C=O) groups is 1. The molecular weight excluding hydrogens is 192 g/mol. The Balaban J connectivity index is 2.67. The second-order valence-electron chi connectivity index (χ2n) is 4.19. The van der Waals surface area contributed by atoms with E-state index in [1.807, 2.05) is 11.9 Å². The minimum Gasteiger partial charge on any atom is -0.396 e. The second kappa shape index (κ2) is 6.08. The topological polar surface area (TPSA) is 43.8 Å². The normalized spacial score (nSPS) is 24.3. The van der Waals surface area contributed by atoms with Gasteiger partial charge in [0.25, 0.3) is 0 Å². The van der Waals surface area contributed by atoms with Crippen molar-refractivity contribution in [2.75, 3.05) is 33.3 Å². The molecule has 0 aromatic heterocycles. The number of rotatable bonds is 4. The summed E-state index contributed by atoms with van der Waals surface area (Å²) in [7, 11) is 1.97. The van der Waals surface area contributed by atoms with Crippen LogP contribution in [-0.2, 0) is 4.79 Å². The highest BCUT2D eigenvalue weighted by Gasteiger charge is 2.29. The van der Waals surface area contributed by atoms with Crippen LogP contribution in [0.4, 0.5) is 0 Å². The minimum atomic E-state index is -0.121. The first-order chi connectivity index (χ1) is 7.20. The average molecular weight is 214 g/mol. The minimum absolute atomic E-state index is 0.0840. The standard InChI is InChI=1S/C11H22N2O2/c1-3-6-13-8-4-7-12(2)10(5-9-14)11(13)15/h10,14H,3-9H2,1-2H3. The van der Waals surface area contributed by atoms with Gasteiger partial charge in [-0.2, -0.15) is 0 Å². The van der Waals surface area contributed by atoms with Crippen molar-refractivity contribution in [3.05, 3.63) is 0 Å². The predicted molar refractivity (Wildman–Crippen MR) is 59.6 cm³/mol. The molecule has 88 valence electrons. The van der Waals surface area contributed by atoms with Gasteiger partial charge in [0.1, 0.15) is 0 Å². The van der Waals surface area contributed by atoms with Crippen molar-refractivity contribution >= 4 is 5.91 Å². The van der Waals surface area contributed by atoms with Crippen LogP contribution >= 0.6 is 0 Å². The molecule has 4 nitrogen and oxygen atoms in total. The van der Waals surface area contributed by atoms with Gasteiger partial charge in [0.15, 0.2) is 0 Å². The fourth-order valence-corrected chi connectivity index (χ4v) is 2.13. The maximum absolute atomic E-state index is 12.1. The molecule has 0 bridgehead atoms. The van der Waals surface area contributed by atoms with E-state index in [-0.39, 0.29) is 18.6 Å². The van der Waals surface area contributed by atoms with Crippen molar-refractivity contribution in [2.24, 2.45) is 0 Å². The van der Waals surface area contributed by atoms with Crippen molar-refractivity contribution in [3.8, 4) is 0 Å². The molecule has 0 radical (unpaired) electrons. The summed E-state index contributed by atoms with van der Waals surface area (Å²) in [4.78, 5) is 16.1. The summed E-state index contributed by atoms with van der Waals surface area (Å²) in [5.74, 6) is 0.186. The molecular formula is C11H22N2O2. The summed E-state index contributed by atoms with van der Waals surface area (Å²) in [6, 6.07) is -0.121. The Morgan fingerprint density at radius 3 is 2.80 bits per heavy atom. The van der Waals surface area contributed by atoms with Gasteiger partial charge in [0.05, 0.1) is 6.04 Å². The van der Waals surface area contributed by atoms with Crippen molar-refractivity contribution in [3.63, 3.8) is 0 Å². The quantitative estimate of drug-likeness (QED) is 0.732. The van der Waals surface area contributed by atoms with Crippen molar-refractivity contribution in [2.45, 2.75) is 32.2 Å². The molecule has 0 aromatic carbocycles. The molecule has 4 heteroatoms. The number of hydrogen-bond donors (Lipinski definition) is 1. The fraction of sp³-hybridized carbons (Fsp3) is 0.909. The second-order valence-corrected chi connectivity index (χ2v) is 4.19. The molecule has 15 heavy (non-hydrogen) atoms. The van der Waals surface area contributed by atoms with E-state index in [1.165, 1.54) is 0 Å². The van der Waals surface area contributed by atoms with Crippen molar-refractivity contribution in [1.82, 2.24) is 9.80 Å². The van der Waals surface area contributed by atoms with Crippen LogP contribution in [0, 0.1) is 0 Å². The summed E-state index contributed by atoms with van der Waals surface area (Å²) in [6.07, 6.45) is 2.58. The average Bonchev–Trinajstić information content (AvgIpc) is 2.34. The first kappa shape index (κ1) is 12.5. The number of nitrogens with zero attached hydrogens (tertiary/aromatic N) is 2. The SMILES string of the molecule is CCCN1CCCN(C)C(CCO)C1=O.